The molecule has 0 bridgehead atoms. The summed E-state index contributed by atoms with van der Waals surface area (Å²) >= 11 is 0. The van der Waals surface area contributed by atoms with E-state index in [4.69, 9.17) is 4.98 Å². The Morgan fingerprint density at radius 2 is 2.03 bits per heavy atom. The fourth-order valence-corrected chi connectivity index (χ4v) is 4.82. The average molecular weight is 410 g/mol. The fourth-order valence-electron chi connectivity index (χ4n) is 4.82. The predicted octanol–water partition coefficient (Wildman–Crippen LogP) is 2.58. The topological polar surface area (TPSA) is 69.3 Å². The van der Waals surface area contributed by atoms with Crippen molar-refractivity contribution in [3.05, 3.63) is 63.1 Å². The van der Waals surface area contributed by atoms with E-state index in [9.17, 15) is 14.0 Å². The van der Waals surface area contributed by atoms with Gasteiger partial charge in [-0.1, -0.05) is 24.6 Å². The number of carbonyl (C=O) groups is 1. The molecule has 3 heterocycles. The van der Waals surface area contributed by atoms with E-state index in [0.29, 0.717) is 37.4 Å². The van der Waals surface area contributed by atoms with Gasteiger partial charge in [0.25, 0.3) is 5.56 Å². The number of fused-ring (bicyclic) bond motifs is 1. The molecule has 0 spiro atoms. The molecule has 2 aliphatic heterocycles. The van der Waals surface area contributed by atoms with Gasteiger partial charge in [-0.25, -0.2) is 9.37 Å². The predicted molar refractivity (Wildman–Crippen MR) is 110 cm³/mol. The molecule has 0 radical (unpaired) electrons. The standard InChI is InChI=1S/C23H27FN4O2/c24-19-7-2-1-4-16(19)12-27-10-8-17(13-27)21-25-20-14-28(23(30)15-5-3-6-15)11-9-18(20)22(29)26-21/h1-2,4,7,15,17H,3,5-6,8-14H2,(H,25,26,29). The van der Waals surface area contributed by atoms with Crippen LogP contribution in [0, 0.1) is 11.7 Å². The molecule has 1 aromatic heterocycles. The van der Waals surface area contributed by atoms with Crippen molar-refractivity contribution >= 4 is 5.91 Å². The van der Waals surface area contributed by atoms with Gasteiger partial charge >= 0.3 is 0 Å². The summed E-state index contributed by atoms with van der Waals surface area (Å²) in [6.07, 6.45) is 4.54. The molecule has 2 aromatic rings. The van der Waals surface area contributed by atoms with Crippen molar-refractivity contribution in [2.75, 3.05) is 19.6 Å². The maximum Gasteiger partial charge on any atom is 0.254 e. The molecule has 1 aliphatic carbocycles. The quantitative estimate of drug-likeness (QED) is 0.841. The summed E-state index contributed by atoms with van der Waals surface area (Å²) < 4.78 is 14.0. The number of benzene rings is 1. The zero-order valence-electron chi connectivity index (χ0n) is 17.1. The number of halogens is 1. The van der Waals surface area contributed by atoms with E-state index >= 15 is 0 Å². The lowest BCUT2D eigenvalue weighted by Gasteiger charge is -2.34. The normalized spacial score (nSPS) is 22.0. The first kappa shape index (κ1) is 19.4. The number of rotatable bonds is 4. The molecule has 3 aliphatic rings. The molecule has 30 heavy (non-hydrogen) atoms. The second kappa shape index (κ2) is 7.95. The zero-order valence-corrected chi connectivity index (χ0v) is 17.1. The number of hydrogen-bond acceptors (Lipinski definition) is 4. The lowest BCUT2D eigenvalue weighted by atomic mass is 9.84. The molecule has 6 nitrogen and oxygen atoms in total. The summed E-state index contributed by atoms with van der Waals surface area (Å²) in [7, 11) is 0. The van der Waals surface area contributed by atoms with Gasteiger partial charge in [-0.05, 0) is 38.3 Å². The minimum absolute atomic E-state index is 0.0710. The third-order valence-corrected chi connectivity index (χ3v) is 6.87. The van der Waals surface area contributed by atoms with Crippen LogP contribution in [0.3, 0.4) is 0 Å². The lowest BCUT2D eigenvalue weighted by Crippen LogP contribution is -2.43. The first-order chi connectivity index (χ1) is 14.6. The highest BCUT2D eigenvalue weighted by molar-refractivity contribution is 5.79. The molecule has 7 heteroatoms. The summed E-state index contributed by atoms with van der Waals surface area (Å²) in [6, 6.07) is 6.86. The highest BCUT2D eigenvalue weighted by atomic mass is 19.1. The highest BCUT2D eigenvalue weighted by Crippen LogP contribution is 2.30. The smallest absolute Gasteiger partial charge is 0.254 e. The molecule has 2 fully saturated rings. The lowest BCUT2D eigenvalue weighted by molar-refractivity contribution is -0.139. The molecular formula is C23H27FN4O2. The first-order valence-electron chi connectivity index (χ1n) is 10.9. The number of hydrogen-bond donors (Lipinski definition) is 1. The summed E-state index contributed by atoms with van der Waals surface area (Å²) in [5.41, 5.74) is 2.09. The molecule has 1 aromatic carbocycles. The summed E-state index contributed by atoms with van der Waals surface area (Å²) in [5.74, 6) is 1.01. The molecule has 1 unspecified atom stereocenters. The number of aromatic nitrogens is 2. The Morgan fingerprint density at radius 3 is 2.80 bits per heavy atom. The van der Waals surface area contributed by atoms with Crippen LogP contribution in [0.1, 0.15) is 54.2 Å². The van der Waals surface area contributed by atoms with E-state index in [1.807, 2.05) is 17.0 Å². The van der Waals surface area contributed by atoms with E-state index in [0.717, 1.165) is 50.0 Å². The van der Waals surface area contributed by atoms with Crippen LogP contribution in [0.2, 0.25) is 0 Å². The zero-order chi connectivity index (χ0) is 20.7. The fraction of sp³-hybridized carbons (Fsp3) is 0.522. The van der Waals surface area contributed by atoms with Gasteiger partial charge in [0.2, 0.25) is 5.91 Å². The van der Waals surface area contributed by atoms with Gasteiger partial charge in [-0.2, -0.15) is 0 Å². The molecule has 158 valence electrons. The van der Waals surface area contributed by atoms with Gasteiger partial charge in [0, 0.05) is 42.6 Å². The Balaban J connectivity index is 1.30. The van der Waals surface area contributed by atoms with Crippen LogP contribution >= 0.6 is 0 Å². The number of aromatic amines is 1. The summed E-state index contributed by atoms with van der Waals surface area (Å²) in [6.45, 7) is 3.18. The Morgan fingerprint density at radius 1 is 1.20 bits per heavy atom. The van der Waals surface area contributed by atoms with Crippen molar-refractivity contribution < 1.29 is 9.18 Å². The van der Waals surface area contributed by atoms with Gasteiger partial charge in [0.05, 0.1) is 12.2 Å². The Kier molecular flexibility index (Phi) is 5.15. The Bertz CT molecular complexity index is 1020. The number of likely N-dealkylation sites (tertiary alicyclic amines) is 1. The molecule has 1 saturated carbocycles. The molecule has 1 atom stereocenters. The Hall–Kier alpha value is -2.54. The second-order valence-electron chi connectivity index (χ2n) is 8.83. The number of amides is 1. The maximum absolute atomic E-state index is 14.0. The first-order valence-corrected chi connectivity index (χ1v) is 10.9. The molecule has 1 saturated heterocycles. The highest BCUT2D eigenvalue weighted by Gasteiger charge is 2.33. The van der Waals surface area contributed by atoms with Crippen LogP contribution in [0.25, 0.3) is 0 Å². The van der Waals surface area contributed by atoms with Crippen molar-refractivity contribution in [1.29, 1.82) is 0 Å². The van der Waals surface area contributed by atoms with E-state index in [1.54, 1.807) is 6.07 Å². The van der Waals surface area contributed by atoms with Crippen LogP contribution in [0.4, 0.5) is 4.39 Å². The van der Waals surface area contributed by atoms with Crippen LogP contribution in [-0.2, 0) is 24.3 Å². The maximum atomic E-state index is 14.0. The van der Waals surface area contributed by atoms with E-state index in [-0.39, 0.29) is 29.1 Å². The van der Waals surface area contributed by atoms with Gasteiger partial charge < -0.3 is 9.88 Å². The average Bonchev–Trinajstić information content (AvgIpc) is 3.16. The SMILES string of the molecule is O=C(C1CCC1)N1CCc2c(nc(C3CCN(Cc4ccccc4F)C3)[nH]c2=O)C1. The molecule has 1 N–H and O–H groups in total. The Labute approximate surface area is 175 Å². The van der Waals surface area contributed by atoms with Crippen molar-refractivity contribution in [1.82, 2.24) is 19.8 Å². The number of carbonyl (C=O) groups excluding carboxylic acids is 1. The molecule has 5 rings (SSSR count). The number of nitrogens with one attached hydrogen (secondary N) is 1. The number of nitrogens with zero attached hydrogens (tertiary/aromatic N) is 3. The van der Waals surface area contributed by atoms with Gasteiger partial charge in [-0.15, -0.1) is 0 Å². The summed E-state index contributed by atoms with van der Waals surface area (Å²) in [5, 5.41) is 0. The van der Waals surface area contributed by atoms with Gasteiger partial charge in [0.15, 0.2) is 0 Å². The summed E-state index contributed by atoms with van der Waals surface area (Å²) in [4.78, 5) is 37.2. The monoisotopic (exact) mass is 410 g/mol. The third kappa shape index (κ3) is 3.67. The van der Waals surface area contributed by atoms with Crippen molar-refractivity contribution in [3.8, 4) is 0 Å². The van der Waals surface area contributed by atoms with Crippen LogP contribution in [0.5, 0.6) is 0 Å². The van der Waals surface area contributed by atoms with E-state index in [2.05, 4.69) is 9.88 Å². The van der Waals surface area contributed by atoms with Crippen LogP contribution in [-0.4, -0.2) is 45.3 Å². The van der Waals surface area contributed by atoms with Gasteiger partial charge in [-0.3, -0.25) is 14.5 Å². The minimum Gasteiger partial charge on any atom is -0.336 e. The molecular weight excluding hydrogens is 383 g/mol. The minimum atomic E-state index is -0.183. The van der Waals surface area contributed by atoms with Crippen LogP contribution in [0.15, 0.2) is 29.1 Å². The largest absolute Gasteiger partial charge is 0.336 e. The van der Waals surface area contributed by atoms with Crippen molar-refractivity contribution in [3.63, 3.8) is 0 Å². The second-order valence-corrected chi connectivity index (χ2v) is 8.83. The van der Waals surface area contributed by atoms with E-state index in [1.165, 1.54) is 6.07 Å². The molecule has 1 amide bonds. The third-order valence-electron chi connectivity index (χ3n) is 6.87. The van der Waals surface area contributed by atoms with Crippen LogP contribution < -0.4 is 5.56 Å². The van der Waals surface area contributed by atoms with E-state index < -0.39 is 0 Å². The van der Waals surface area contributed by atoms with Crippen molar-refractivity contribution in [2.45, 2.75) is 51.1 Å². The van der Waals surface area contributed by atoms with Gasteiger partial charge in [0.1, 0.15) is 11.6 Å². The van der Waals surface area contributed by atoms with Crippen molar-refractivity contribution in [2.24, 2.45) is 5.92 Å². The number of H-pyrrole nitrogens is 1.